The Morgan fingerprint density at radius 3 is 1.50 bits per heavy atom. The molecule has 1 N–H and O–H groups in total. The molecule has 2 aromatic carbocycles. The van der Waals surface area contributed by atoms with Crippen molar-refractivity contribution in [1.82, 2.24) is 9.03 Å². The Labute approximate surface area is 143 Å². The lowest BCUT2D eigenvalue weighted by Crippen LogP contribution is -2.38. The van der Waals surface area contributed by atoms with Gasteiger partial charge in [0, 0.05) is 14.1 Å². The summed E-state index contributed by atoms with van der Waals surface area (Å²) in [6.45, 7) is 0. The molecular formula is C17H22N2O4S. The molecule has 7 heteroatoms. The molecule has 6 nitrogen and oxygen atoms in total. The average Bonchev–Trinajstić information content (AvgIpc) is 2.60. The summed E-state index contributed by atoms with van der Waals surface area (Å²) in [7, 11) is 2.55. The summed E-state index contributed by atoms with van der Waals surface area (Å²) >= 11 is 0. The third kappa shape index (κ3) is 4.25. The predicted molar refractivity (Wildman–Crippen MR) is 93.6 cm³/mol. The summed E-state index contributed by atoms with van der Waals surface area (Å²) in [6, 6.07) is 14.0. The second kappa shape index (κ2) is 7.65. The van der Waals surface area contributed by atoms with Gasteiger partial charge in [-0.3, -0.25) is 0 Å². The molecular weight excluding hydrogens is 328 g/mol. The van der Waals surface area contributed by atoms with E-state index in [9.17, 15) is 8.42 Å². The Bertz CT molecular complexity index is 709. The van der Waals surface area contributed by atoms with E-state index in [0.717, 1.165) is 15.4 Å². The van der Waals surface area contributed by atoms with E-state index in [2.05, 4.69) is 4.72 Å². The number of benzene rings is 2. The molecule has 0 aliphatic rings. The van der Waals surface area contributed by atoms with Crippen LogP contribution < -0.4 is 14.2 Å². The second-order valence-electron chi connectivity index (χ2n) is 5.38. The minimum atomic E-state index is -3.60. The monoisotopic (exact) mass is 350 g/mol. The molecule has 130 valence electrons. The van der Waals surface area contributed by atoms with Gasteiger partial charge in [-0.1, -0.05) is 24.3 Å². The predicted octanol–water partition coefficient (Wildman–Crippen LogP) is 2.19. The Hall–Kier alpha value is -2.09. The third-order valence-corrected chi connectivity index (χ3v) is 5.14. The number of nitrogens with zero attached hydrogens (tertiary/aromatic N) is 1. The van der Waals surface area contributed by atoms with Gasteiger partial charge < -0.3 is 9.47 Å². The zero-order chi connectivity index (χ0) is 17.7. The maximum absolute atomic E-state index is 12.3. The molecule has 0 fully saturated rings. The number of hydrogen-bond acceptors (Lipinski definition) is 4. The number of ether oxygens (including phenoxy) is 2. The normalized spacial score (nSPS) is 11.8. The Morgan fingerprint density at radius 1 is 0.833 bits per heavy atom. The topological polar surface area (TPSA) is 67.9 Å². The first kappa shape index (κ1) is 18.3. The Morgan fingerprint density at radius 2 is 1.21 bits per heavy atom. The Balaban J connectivity index is 2.43. The van der Waals surface area contributed by atoms with E-state index in [4.69, 9.17) is 9.47 Å². The highest BCUT2D eigenvalue weighted by molar-refractivity contribution is 7.87. The molecule has 0 atom stereocenters. The molecule has 0 aliphatic heterocycles. The van der Waals surface area contributed by atoms with Crippen LogP contribution in [0, 0.1) is 0 Å². The van der Waals surface area contributed by atoms with Crippen molar-refractivity contribution >= 4 is 10.2 Å². The zero-order valence-electron chi connectivity index (χ0n) is 14.2. The van der Waals surface area contributed by atoms with E-state index in [1.807, 2.05) is 24.3 Å². The first-order valence-electron chi connectivity index (χ1n) is 7.35. The standard InChI is InChI=1S/C17H22N2O4S/c1-19(2)24(20,21)18-17(13-5-9-15(22-3)10-6-13)14-7-11-16(23-4)12-8-14/h5-12,17-18H,1-4H3. The van der Waals surface area contributed by atoms with Gasteiger partial charge in [0.2, 0.25) is 0 Å². The lowest BCUT2D eigenvalue weighted by atomic mass is 9.99. The quantitative estimate of drug-likeness (QED) is 0.831. The fourth-order valence-corrected chi connectivity index (χ4v) is 2.96. The van der Waals surface area contributed by atoms with Gasteiger partial charge >= 0.3 is 0 Å². The van der Waals surface area contributed by atoms with Crippen molar-refractivity contribution in [2.24, 2.45) is 0 Å². The van der Waals surface area contributed by atoms with Gasteiger partial charge in [0.05, 0.1) is 20.3 Å². The van der Waals surface area contributed by atoms with Crippen LogP contribution in [0.15, 0.2) is 48.5 Å². The zero-order valence-corrected chi connectivity index (χ0v) is 15.0. The van der Waals surface area contributed by atoms with E-state index in [1.54, 1.807) is 38.5 Å². The number of rotatable bonds is 7. The molecule has 24 heavy (non-hydrogen) atoms. The number of methoxy groups -OCH3 is 2. The number of hydrogen-bond donors (Lipinski definition) is 1. The molecule has 2 rings (SSSR count). The minimum absolute atomic E-state index is 0.519. The molecule has 0 saturated carbocycles. The summed E-state index contributed by atoms with van der Waals surface area (Å²) < 4.78 is 38.8. The van der Waals surface area contributed by atoms with Crippen molar-refractivity contribution in [2.45, 2.75) is 6.04 Å². The van der Waals surface area contributed by atoms with Crippen LogP contribution in [0.4, 0.5) is 0 Å². The fraction of sp³-hybridized carbons (Fsp3) is 0.294. The summed E-state index contributed by atoms with van der Waals surface area (Å²) in [5.74, 6) is 1.42. The lowest BCUT2D eigenvalue weighted by Gasteiger charge is -2.22. The molecule has 0 heterocycles. The highest BCUT2D eigenvalue weighted by Gasteiger charge is 2.23. The molecule has 2 aromatic rings. The average molecular weight is 350 g/mol. The van der Waals surface area contributed by atoms with Gasteiger partial charge in [-0.2, -0.15) is 17.4 Å². The van der Waals surface area contributed by atoms with Crippen LogP contribution in [0.2, 0.25) is 0 Å². The number of nitrogens with one attached hydrogen (secondary N) is 1. The van der Waals surface area contributed by atoms with Crippen molar-refractivity contribution in [3.63, 3.8) is 0 Å². The molecule has 0 saturated heterocycles. The molecule has 0 radical (unpaired) electrons. The maximum Gasteiger partial charge on any atom is 0.279 e. The van der Waals surface area contributed by atoms with E-state index in [1.165, 1.54) is 14.1 Å². The van der Waals surface area contributed by atoms with Gasteiger partial charge in [-0.15, -0.1) is 0 Å². The van der Waals surface area contributed by atoms with Crippen molar-refractivity contribution < 1.29 is 17.9 Å². The molecule has 0 amide bonds. The van der Waals surface area contributed by atoms with Crippen LogP contribution in [0.5, 0.6) is 11.5 Å². The summed E-state index contributed by atoms with van der Waals surface area (Å²) in [5, 5.41) is 0. The molecule has 0 spiro atoms. The Kier molecular flexibility index (Phi) is 5.82. The van der Waals surface area contributed by atoms with Crippen molar-refractivity contribution in [1.29, 1.82) is 0 Å². The molecule has 0 unspecified atom stereocenters. The largest absolute Gasteiger partial charge is 0.497 e. The molecule has 0 aromatic heterocycles. The molecule has 0 bridgehead atoms. The minimum Gasteiger partial charge on any atom is -0.497 e. The van der Waals surface area contributed by atoms with Crippen LogP contribution in [-0.2, 0) is 10.2 Å². The van der Waals surface area contributed by atoms with Gasteiger partial charge in [0.1, 0.15) is 11.5 Å². The fourth-order valence-electron chi connectivity index (χ4n) is 2.18. The van der Waals surface area contributed by atoms with Crippen LogP contribution >= 0.6 is 0 Å². The first-order valence-corrected chi connectivity index (χ1v) is 8.79. The summed E-state index contributed by atoms with van der Waals surface area (Å²) in [5.41, 5.74) is 1.62. The third-order valence-electron chi connectivity index (χ3n) is 3.65. The van der Waals surface area contributed by atoms with E-state index in [0.29, 0.717) is 11.5 Å². The lowest BCUT2D eigenvalue weighted by molar-refractivity contribution is 0.414. The van der Waals surface area contributed by atoms with Gasteiger partial charge in [0.15, 0.2) is 0 Å². The van der Waals surface area contributed by atoms with Gasteiger partial charge in [-0.25, -0.2) is 0 Å². The maximum atomic E-state index is 12.3. The van der Waals surface area contributed by atoms with Gasteiger partial charge in [0.25, 0.3) is 10.2 Å². The summed E-state index contributed by atoms with van der Waals surface area (Å²) in [4.78, 5) is 0. The smallest absolute Gasteiger partial charge is 0.279 e. The first-order chi connectivity index (χ1) is 11.4. The summed E-state index contributed by atoms with van der Waals surface area (Å²) in [6.07, 6.45) is 0. The van der Waals surface area contributed by atoms with Gasteiger partial charge in [-0.05, 0) is 35.4 Å². The highest BCUT2D eigenvalue weighted by Crippen LogP contribution is 2.26. The van der Waals surface area contributed by atoms with Crippen molar-refractivity contribution in [3.05, 3.63) is 59.7 Å². The SMILES string of the molecule is COc1ccc(C(NS(=O)(=O)N(C)C)c2ccc(OC)cc2)cc1. The van der Waals surface area contributed by atoms with Crippen molar-refractivity contribution in [2.75, 3.05) is 28.3 Å². The van der Waals surface area contributed by atoms with Crippen LogP contribution in [0.25, 0.3) is 0 Å². The van der Waals surface area contributed by atoms with Crippen molar-refractivity contribution in [3.8, 4) is 11.5 Å². The second-order valence-corrected chi connectivity index (χ2v) is 7.30. The van der Waals surface area contributed by atoms with Crippen LogP contribution in [0.3, 0.4) is 0 Å². The van der Waals surface area contributed by atoms with E-state index in [-0.39, 0.29) is 0 Å². The molecule has 0 aliphatic carbocycles. The van der Waals surface area contributed by atoms with E-state index < -0.39 is 16.3 Å². The highest BCUT2D eigenvalue weighted by atomic mass is 32.2. The van der Waals surface area contributed by atoms with Crippen LogP contribution in [0.1, 0.15) is 17.2 Å². The van der Waals surface area contributed by atoms with Crippen LogP contribution in [-0.4, -0.2) is 41.0 Å². The van der Waals surface area contributed by atoms with E-state index >= 15 is 0 Å².